The number of rotatable bonds is 7. The van der Waals surface area contributed by atoms with E-state index in [9.17, 15) is 5.11 Å². The van der Waals surface area contributed by atoms with Crippen LogP contribution in [0.1, 0.15) is 18.9 Å². The van der Waals surface area contributed by atoms with Gasteiger partial charge in [0.05, 0.1) is 13.7 Å². The van der Waals surface area contributed by atoms with Gasteiger partial charge in [0, 0.05) is 24.2 Å². The van der Waals surface area contributed by atoms with E-state index in [2.05, 4.69) is 4.90 Å². The Hall–Kier alpha value is -1.10. The van der Waals surface area contributed by atoms with Gasteiger partial charge in [-0.15, -0.1) is 0 Å². The Labute approximate surface area is 109 Å². The summed E-state index contributed by atoms with van der Waals surface area (Å²) in [4.78, 5) is 2.08. The fourth-order valence-corrected chi connectivity index (χ4v) is 2.09. The molecular formula is C14H24N2O2. The summed E-state index contributed by atoms with van der Waals surface area (Å²) in [6, 6.07) is 7.86. The average molecular weight is 252 g/mol. The molecule has 1 aromatic rings. The number of ether oxygens (including phenoxy) is 1. The van der Waals surface area contributed by atoms with Crippen LogP contribution in [0, 0.1) is 0 Å². The second-order valence-electron chi connectivity index (χ2n) is 4.55. The number of aliphatic hydroxyl groups excluding tert-OH is 1. The third-order valence-electron chi connectivity index (χ3n) is 3.33. The van der Waals surface area contributed by atoms with Crippen LogP contribution in [0.3, 0.4) is 0 Å². The lowest BCUT2D eigenvalue weighted by Gasteiger charge is -2.31. The quantitative estimate of drug-likeness (QED) is 0.766. The number of hydrogen-bond acceptors (Lipinski definition) is 4. The molecule has 2 unspecified atom stereocenters. The van der Waals surface area contributed by atoms with Crippen molar-refractivity contribution in [2.75, 3.05) is 20.8 Å². The molecule has 0 saturated heterocycles. The maximum atomic E-state index is 9.45. The molecule has 0 aliphatic carbocycles. The van der Waals surface area contributed by atoms with E-state index in [1.165, 1.54) is 0 Å². The molecule has 0 aliphatic rings. The van der Waals surface area contributed by atoms with E-state index in [1.807, 2.05) is 38.2 Å². The molecule has 2 atom stereocenters. The molecule has 0 amide bonds. The van der Waals surface area contributed by atoms with E-state index < -0.39 is 0 Å². The van der Waals surface area contributed by atoms with Gasteiger partial charge in [-0.3, -0.25) is 4.90 Å². The zero-order chi connectivity index (χ0) is 13.5. The van der Waals surface area contributed by atoms with Gasteiger partial charge in [-0.2, -0.15) is 0 Å². The molecule has 18 heavy (non-hydrogen) atoms. The van der Waals surface area contributed by atoms with E-state index in [-0.39, 0.29) is 18.7 Å². The minimum Gasteiger partial charge on any atom is -0.496 e. The van der Waals surface area contributed by atoms with Gasteiger partial charge in [-0.1, -0.05) is 25.1 Å². The molecule has 1 aromatic carbocycles. The normalized spacial score (nSPS) is 14.6. The first-order valence-corrected chi connectivity index (χ1v) is 6.32. The van der Waals surface area contributed by atoms with Crippen molar-refractivity contribution < 1.29 is 9.84 Å². The van der Waals surface area contributed by atoms with E-state index in [0.717, 1.165) is 17.7 Å². The molecule has 0 aliphatic heterocycles. The Morgan fingerprint density at radius 3 is 2.61 bits per heavy atom. The van der Waals surface area contributed by atoms with Gasteiger partial charge in [0.15, 0.2) is 0 Å². The summed E-state index contributed by atoms with van der Waals surface area (Å²) in [6.45, 7) is 2.81. The van der Waals surface area contributed by atoms with Crippen molar-refractivity contribution in [2.24, 2.45) is 5.73 Å². The Bertz CT molecular complexity index is 357. The van der Waals surface area contributed by atoms with Crippen LogP contribution in [-0.4, -0.2) is 42.9 Å². The molecule has 0 heterocycles. The minimum absolute atomic E-state index is 0.0188. The molecule has 3 N–H and O–H groups in total. The standard InChI is InChI=1S/C14H24N2O2/c1-4-12(15)13(10-17)16(2)9-11-7-5-6-8-14(11)18-3/h5-8,12-13,17H,4,9-10,15H2,1-3H3. The predicted octanol–water partition coefficient (Wildman–Crippen LogP) is 1.23. The molecule has 0 bridgehead atoms. The highest BCUT2D eigenvalue weighted by atomic mass is 16.5. The number of nitrogens with two attached hydrogens (primary N) is 1. The summed E-state index contributed by atoms with van der Waals surface area (Å²) in [6.07, 6.45) is 0.849. The SMILES string of the molecule is CCC(N)C(CO)N(C)Cc1ccccc1OC. The van der Waals surface area contributed by atoms with Crippen LogP contribution in [0.15, 0.2) is 24.3 Å². The number of methoxy groups -OCH3 is 1. The highest BCUT2D eigenvalue weighted by molar-refractivity contribution is 5.33. The monoisotopic (exact) mass is 252 g/mol. The first-order valence-electron chi connectivity index (χ1n) is 6.32. The second-order valence-corrected chi connectivity index (χ2v) is 4.55. The lowest BCUT2D eigenvalue weighted by atomic mass is 10.1. The predicted molar refractivity (Wildman–Crippen MR) is 73.6 cm³/mol. The number of aliphatic hydroxyl groups is 1. The molecule has 0 saturated carbocycles. The number of hydrogen-bond donors (Lipinski definition) is 2. The molecule has 0 spiro atoms. The zero-order valence-corrected chi connectivity index (χ0v) is 11.5. The van der Waals surface area contributed by atoms with Crippen molar-refractivity contribution in [1.82, 2.24) is 4.90 Å². The van der Waals surface area contributed by atoms with Gasteiger partial charge in [-0.25, -0.2) is 0 Å². The lowest BCUT2D eigenvalue weighted by Crippen LogP contribution is -2.47. The molecular weight excluding hydrogens is 228 g/mol. The van der Waals surface area contributed by atoms with E-state index in [0.29, 0.717) is 6.54 Å². The highest BCUT2D eigenvalue weighted by Gasteiger charge is 2.21. The van der Waals surface area contributed by atoms with Gasteiger partial charge >= 0.3 is 0 Å². The van der Waals surface area contributed by atoms with Gasteiger partial charge in [0.25, 0.3) is 0 Å². The Morgan fingerprint density at radius 1 is 1.39 bits per heavy atom. The van der Waals surface area contributed by atoms with Crippen LogP contribution in [0.5, 0.6) is 5.75 Å². The molecule has 102 valence electrons. The summed E-state index contributed by atoms with van der Waals surface area (Å²) in [5, 5.41) is 9.45. The Kier molecular flexibility index (Phi) is 6.12. The zero-order valence-electron chi connectivity index (χ0n) is 11.5. The minimum atomic E-state index is -0.0279. The van der Waals surface area contributed by atoms with Crippen LogP contribution in [-0.2, 0) is 6.54 Å². The lowest BCUT2D eigenvalue weighted by molar-refractivity contribution is 0.119. The summed E-state index contributed by atoms with van der Waals surface area (Å²) in [5.74, 6) is 0.867. The molecule has 0 aromatic heterocycles. The summed E-state index contributed by atoms with van der Waals surface area (Å²) < 4.78 is 5.33. The number of likely N-dealkylation sites (N-methyl/N-ethyl adjacent to an activating group) is 1. The second kappa shape index (κ2) is 7.36. The number of para-hydroxylation sites is 1. The molecule has 4 nitrogen and oxygen atoms in total. The first-order chi connectivity index (χ1) is 8.63. The van der Waals surface area contributed by atoms with Crippen LogP contribution < -0.4 is 10.5 Å². The van der Waals surface area contributed by atoms with Gasteiger partial charge < -0.3 is 15.6 Å². The first kappa shape index (κ1) is 15.0. The third-order valence-corrected chi connectivity index (χ3v) is 3.33. The average Bonchev–Trinajstić information content (AvgIpc) is 2.39. The van der Waals surface area contributed by atoms with Crippen molar-refractivity contribution in [3.05, 3.63) is 29.8 Å². The van der Waals surface area contributed by atoms with E-state index >= 15 is 0 Å². The number of nitrogens with zero attached hydrogens (tertiary/aromatic N) is 1. The summed E-state index contributed by atoms with van der Waals surface area (Å²) in [7, 11) is 3.64. The fraction of sp³-hybridized carbons (Fsp3) is 0.571. The topological polar surface area (TPSA) is 58.7 Å². The van der Waals surface area contributed by atoms with Crippen molar-refractivity contribution in [2.45, 2.75) is 32.0 Å². The van der Waals surface area contributed by atoms with Crippen molar-refractivity contribution in [1.29, 1.82) is 0 Å². The maximum absolute atomic E-state index is 9.45. The largest absolute Gasteiger partial charge is 0.496 e. The highest BCUT2D eigenvalue weighted by Crippen LogP contribution is 2.20. The van der Waals surface area contributed by atoms with Crippen molar-refractivity contribution in [3.63, 3.8) is 0 Å². The third kappa shape index (κ3) is 3.70. The van der Waals surface area contributed by atoms with Crippen LogP contribution in [0.2, 0.25) is 0 Å². The molecule has 4 heteroatoms. The van der Waals surface area contributed by atoms with Crippen molar-refractivity contribution in [3.8, 4) is 5.75 Å². The molecule has 1 rings (SSSR count). The summed E-state index contributed by atoms with van der Waals surface area (Å²) in [5.41, 5.74) is 7.12. The van der Waals surface area contributed by atoms with Crippen LogP contribution >= 0.6 is 0 Å². The Morgan fingerprint density at radius 2 is 2.06 bits per heavy atom. The van der Waals surface area contributed by atoms with E-state index in [4.69, 9.17) is 10.5 Å². The number of benzene rings is 1. The van der Waals surface area contributed by atoms with Gasteiger partial charge in [-0.05, 0) is 19.5 Å². The van der Waals surface area contributed by atoms with Crippen LogP contribution in [0.25, 0.3) is 0 Å². The van der Waals surface area contributed by atoms with Crippen LogP contribution in [0.4, 0.5) is 0 Å². The maximum Gasteiger partial charge on any atom is 0.123 e. The molecule has 0 fully saturated rings. The van der Waals surface area contributed by atoms with Crippen molar-refractivity contribution >= 4 is 0 Å². The van der Waals surface area contributed by atoms with E-state index in [1.54, 1.807) is 7.11 Å². The Balaban J connectivity index is 2.76. The van der Waals surface area contributed by atoms with Gasteiger partial charge in [0.2, 0.25) is 0 Å². The smallest absolute Gasteiger partial charge is 0.123 e. The summed E-state index contributed by atoms with van der Waals surface area (Å²) >= 11 is 0. The fourth-order valence-electron chi connectivity index (χ4n) is 2.09. The van der Waals surface area contributed by atoms with Gasteiger partial charge in [0.1, 0.15) is 5.75 Å². The molecule has 0 radical (unpaired) electrons.